The molecule has 1 aliphatic rings. The largest absolute Gasteiger partial charge is 0.243 e. The summed E-state index contributed by atoms with van der Waals surface area (Å²) in [7, 11) is -2.02. The predicted molar refractivity (Wildman–Crippen MR) is 295 cm³/mol. The van der Waals surface area contributed by atoms with Crippen molar-refractivity contribution in [3.8, 4) is 65.0 Å². The quantitative estimate of drug-likeness (QED) is 0.0756. The lowest BCUT2D eigenvalue weighted by atomic mass is 9.94. The van der Waals surface area contributed by atoms with E-state index in [0.717, 1.165) is 44.7 Å². The van der Waals surface area contributed by atoms with E-state index in [0.29, 0.717) is 0 Å². The van der Waals surface area contributed by atoms with Gasteiger partial charge in [0, 0.05) is 41.8 Å². The third kappa shape index (κ3) is 7.99. The minimum atomic E-state index is -2.02. The molecule has 0 amide bonds. The van der Waals surface area contributed by atoms with Crippen LogP contribution < -0.4 is 10.4 Å². The van der Waals surface area contributed by atoms with Crippen LogP contribution in [0.4, 0.5) is 0 Å². The van der Waals surface area contributed by atoms with Crippen molar-refractivity contribution in [2.24, 2.45) is 0 Å². The highest BCUT2D eigenvalue weighted by atomic mass is 32.1. The van der Waals surface area contributed by atoms with Crippen LogP contribution in [-0.2, 0) is 0 Å². The summed E-state index contributed by atoms with van der Waals surface area (Å²) in [4.78, 5) is 16.7. The molecule has 11 rings (SSSR count). The Morgan fingerprint density at radius 3 is 1.51 bits per heavy atom. The number of rotatable bonds is 15. The van der Waals surface area contributed by atoms with E-state index in [1.165, 1.54) is 127 Å². The van der Waals surface area contributed by atoms with Crippen LogP contribution in [0.25, 0.3) is 97.5 Å². The maximum atomic E-state index is 5.86. The van der Waals surface area contributed by atoms with Crippen LogP contribution >= 0.6 is 22.7 Å². The number of nitrogens with zero attached hydrogens (tertiary/aromatic N) is 2. The molecule has 0 fully saturated rings. The van der Waals surface area contributed by atoms with Gasteiger partial charge in [-0.1, -0.05) is 204 Å². The second kappa shape index (κ2) is 18.6. The molecule has 1 aliphatic heterocycles. The van der Waals surface area contributed by atoms with Gasteiger partial charge < -0.3 is 0 Å². The maximum absolute atomic E-state index is 5.86. The number of benzene rings is 7. The van der Waals surface area contributed by atoms with E-state index in [2.05, 4.69) is 185 Å². The fraction of sp³-hybridized carbons (Fsp3) is 0.226. The molecule has 67 heavy (non-hydrogen) atoms. The van der Waals surface area contributed by atoms with Gasteiger partial charge in [0.15, 0.2) is 0 Å². The van der Waals surface area contributed by atoms with Gasteiger partial charge >= 0.3 is 0 Å². The average molecular weight is 923 g/mol. The third-order valence-electron chi connectivity index (χ3n) is 14.5. The molecule has 4 heterocycles. The van der Waals surface area contributed by atoms with E-state index in [9.17, 15) is 0 Å². The highest BCUT2D eigenvalue weighted by Gasteiger charge is 2.44. The molecule has 0 bridgehead atoms. The van der Waals surface area contributed by atoms with Gasteiger partial charge in [0.05, 0.1) is 22.4 Å². The standard InChI is InChI=1S/C62H58N2S2Si/c1-5-7-9-15-37-67(38-16-10-8-6-2)57-39-41(3)27-30-48(57)49-31-29-45(40-58(49)67)54-35-36-56(66-54)53-33-32-52(55-34-28-42(4)65-55)61-62(53)64-60(51-26-18-22-44-20-12-14-24-47(44)51)59(63-61)50-25-17-21-43-19-11-13-23-46(43)50/h11-14,17-36,39-40H,5-10,15-16,37-38H2,1-4H3. The molecule has 7 aromatic carbocycles. The van der Waals surface area contributed by atoms with Crippen molar-refractivity contribution in [3.05, 3.63) is 168 Å². The fourth-order valence-corrected chi connectivity index (χ4v) is 18.8. The second-order valence-corrected chi connectivity index (χ2v) is 25.5. The summed E-state index contributed by atoms with van der Waals surface area (Å²) < 4.78 is 0. The first-order valence-corrected chi connectivity index (χ1v) is 28.7. The highest BCUT2D eigenvalue weighted by Crippen LogP contribution is 2.46. The van der Waals surface area contributed by atoms with Crippen LogP contribution in [0, 0.1) is 13.8 Å². The molecule has 0 saturated carbocycles. The van der Waals surface area contributed by atoms with E-state index in [-0.39, 0.29) is 0 Å². The number of aryl methyl sites for hydroxylation is 2. The van der Waals surface area contributed by atoms with E-state index in [1.807, 2.05) is 22.7 Å². The zero-order valence-corrected chi connectivity index (χ0v) is 41.9. The summed E-state index contributed by atoms with van der Waals surface area (Å²) in [6.07, 6.45) is 10.5. The van der Waals surface area contributed by atoms with Crippen molar-refractivity contribution in [1.29, 1.82) is 0 Å². The summed E-state index contributed by atoms with van der Waals surface area (Å²) in [6, 6.07) is 61.9. The van der Waals surface area contributed by atoms with Crippen LogP contribution in [0.3, 0.4) is 0 Å². The Labute approximate surface area is 405 Å². The lowest BCUT2D eigenvalue weighted by molar-refractivity contribution is 0.684. The lowest BCUT2D eigenvalue weighted by Gasteiger charge is -2.31. The molecule has 0 unspecified atom stereocenters. The van der Waals surface area contributed by atoms with Crippen LogP contribution in [0.15, 0.2) is 158 Å². The molecule has 0 saturated heterocycles. The van der Waals surface area contributed by atoms with Crippen LogP contribution in [0.1, 0.15) is 75.7 Å². The first kappa shape index (κ1) is 43.6. The topological polar surface area (TPSA) is 25.8 Å². The Hall–Kier alpha value is -5.98. The van der Waals surface area contributed by atoms with E-state index >= 15 is 0 Å². The van der Waals surface area contributed by atoms with E-state index in [1.54, 1.807) is 10.4 Å². The normalized spacial score (nSPS) is 12.9. The van der Waals surface area contributed by atoms with Crippen molar-refractivity contribution in [3.63, 3.8) is 0 Å². The van der Waals surface area contributed by atoms with Gasteiger partial charge in [-0.05, 0) is 98.8 Å². The van der Waals surface area contributed by atoms with E-state index < -0.39 is 8.07 Å². The van der Waals surface area contributed by atoms with Crippen LogP contribution in [-0.4, -0.2) is 18.0 Å². The van der Waals surface area contributed by atoms with Crippen molar-refractivity contribution in [1.82, 2.24) is 9.97 Å². The Morgan fingerprint density at radius 1 is 0.418 bits per heavy atom. The first-order chi connectivity index (χ1) is 32.9. The molecule has 3 aromatic heterocycles. The van der Waals surface area contributed by atoms with Crippen LogP contribution in [0.5, 0.6) is 0 Å². The zero-order chi connectivity index (χ0) is 45.5. The van der Waals surface area contributed by atoms with Gasteiger partial charge in [-0.15, -0.1) is 22.7 Å². The molecule has 0 atom stereocenters. The van der Waals surface area contributed by atoms with Gasteiger partial charge in [-0.3, -0.25) is 0 Å². The number of hydrogen-bond donors (Lipinski definition) is 0. The minimum absolute atomic E-state index is 0.908. The summed E-state index contributed by atoms with van der Waals surface area (Å²) in [5.74, 6) is 0. The Balaban J connectivity index is 1.09. The predicted octanol–water partition coefficient (Wildman–Crippen LogP) is 17.7. The monoisotopic (exact) mass is 922 g/mol. The number of unbranched alkanes of at least 4 members (excludes halogenated alkanes) is 6. The number of thiophene rings is 2. The number of fused-ring (bicyclic) bond motifs is 6. The minimum Gasteiger partial charge on any atom is -0.243 e. The Bertz CT molecular complexity index is 3420. The first-order valence-electron chi connectivity index (χ1n) is 24.7. The molecule has 10 aromatic rings. The maximum Gasteiger partial charge on any atom is 0.119 e. The zero-order valence-electron chi connectivity index (χ0n) is 39.3. The molecule has 0 aliphatic carbocycles. The molecule has 332 valence electrons. The third-order valence-corrected chi connectivity index (χ3v) is 22.0. The fourth-order valence-electron chi connectivity index (χ4n) is 11.1. The van der Waals surface area contributed by atoms with Crippen molar-refractivity contribution in [2.75, 3.05) is 0 Å². The van der Waals surface area contributed by atoms with Gasteiger partial charge in [0.25, 0.3) is 0 Å². The Morgan fingerprint density at radius 2 is 0.925 bits per heavy atom. The van der Waals surface area contributed by atoms with Crippen molar-refractivity contribution >= 4 is 73.7 Å². The SMILES string of the molecule is CCCCCC[Si]1(CCCCCC)c2cc(C)ccc2-c2ccc(-c3ccc(-c4ccc(-c5ccc(C)s5)c5nc(-c6cccc7ccccc67)c(-c6cccc7ccccc67)nc45)s3)cc21. The van der Waals surface area contributed by atoms with Gasteiger partial charge in [-0.25, -0.2) is 9.97 Å². The molecule has 0 radical (unpaired) electrons. The molecule has 0 N–H and O–H groups in total. The molecule has 0 spiro atoms. The van der Waals surface area contributed by atoms with Gasteiger partial charge in [0.1, 0.15) is 8.07 Å². The van der Waals surface area contributed by atoms with Crippen molar-refractivity contribution < 1.29 is 0 Å². The number of hydrogen-bond acceptors (Lipinski definition) is 4. The average Bonchev–Trinajstić information content (AvgIpc) is 4.10. The van der Waals surface area contributed by atoms with E-state index in [4.69, 9.17) is 9.97 Å². The Kier molecular flexibility index (Phi) is 12.1. The van der Waals surface area contributed by atoms with Crippen molar-refractivity contribution in [2.45, 2.75) is 91.1 Å². The van der Waals surface area contributed by atoms with Gasteiger partial charge in [-0.2, -0.15) is 0 Å². The summed E-state index contributed by atoms with van der Waals surface area (Å²) in [5.41, 5.74) is 13.9. The molecular weight excluding hydrogens is 865 g/mol. The molecular formula is C62H58N2S2Si. The molecule has 5 heteroatoms. The number of aromatic nitrogens is 2. The van der Waals surface area contributed by atoms with Crippen LogP contribution in [0.2, 0.25) is 12.1 Å². The molecule has 2 nitrogen and oxygen atoms in total. The smallest absolute Gasteiger partial charge is 0.119 e. The summed E-state index contributed by atoms with van der Waals surface area (Å²) in [5, 5.41) is 8.12. The van der Waals surface area contributed by atoms with Gasteiger partial charge in [0.2, 0.25) is 0 Å². The summed E-state index contributed by atoms with van der Waals surface area (Å²) >= 11 is 3.72. The second-order valence-electron chi connectivity index (χ2n) is 18.9. The highest BCUT2D eigenvalue weighted by molar-refractivity contribution is 7.19. The summed E-state index contributed by atoms with van der Waals surface area (Å²) in [6.45, 7) is 9.16. The lowest BCUT2D eigenvalue weighted by Crippen LogP contribution is -2.55.